The molecule has 34 heteroatoms. The monoisotopic (exact) mass is 1570 g/mol. The fourth-order valence-corrected chi connectivity index (χ4v) is 13.0. The van der Waals surface area contributed by atoms with Gasteiger partial charge in [0.05, 0.1) is 6.04 Å². The molecule has 12 atom stereocenters. The Morgan fingerprint density at radius 3 is 1.17 bits per heavy atom. The number of phenolic OH excluding ortho intramolecular Hbond substituents is 1. The second-order valence-electron chi connectivity index (χ2n) is 30.2. The van der Waals surface area contributed by atoms with Crippen LogP contribution in [0.1, 0.15) is 162 Å². The van der Waals surface area contributed by atoms with E-state index in [1.165, 1.54) is 12.1 Å². The third-order valence-corrected chi connectivity index (χ3v) is 19.3. The predicted octanol–water partition coefficient (Wildman–Crippen LogP) is 1.19. The highest BCUT2D eigenvalue weighted by Crippen LogP contribution is 2.23. The van der Waals surface area contributed by atoms with Crippen molar-refractivity contribution < 1.29 is 63.0 Å². The molecule has 2 heterocycles. The third-order valence-electron chi connectivity index (χ3n) is 19.3. The first-order valence-electron chi connectivity index (χ1n) is 39.1. The van der Waals surface area contributed by atoms with Gasteiger partial charge in [0.25, 0.3) is 0 Å². The molecule has 5 aromatic rings. The number of nitrogens with zero attached hydrogens (tertiary/aromatic N) is 2. The lowest BCUT2D eigenvalue weighted by Crippen LogP contribution is -2.62. The summed E-state index contributed by atoms with van der Waals surface area (Å²) in [6.07, 6.45) is 5.65. The molecule has 0 aliphatic carbocycles. The van der Waals surface area contributed by atoms with Crippen molar-refractivity contribution in [2.75, 3.05) is 26.2 Å². The number of nitrogens with two attached hydrogens (primary N) is 7. The van der Waals surface area contributed by atoms with Gasteiger partial charge in [-0.05, 0) is 168 Å². The van der Waals surface area contributed by atoms with Gasteiger partial charge in [0, 0.05) is 60.1 Å². The fraction of sp³-hybridized carbons (Fsp3) is 0.557. The van der Waals surface area contributed by atoms with E-state index < -0.39 is 137 Å². The number of carboxylic acids is 1. The molecule has 34 nitrogen and oxygen atoms in total. The SMILES string of the molecule is CC[C@H](C)[C@H](NC(=O)[C@H](Cc1c[nH]c2ccccc12)NC(=O)[C@H](Cc1ccc(O)cc1)NC(=O)[C@H](CC(C)C)NC(=O)[C@@H](N)Cc1c[nH]c2ccccc12)C(=O)N[C@@H](CC(C)C)C(=O)N[C@@H](CC(C)C)C(=O)N[C@@H](CCCN=C(N)N)C(=O)N[C@@H](CCCCN)C(=O)N[C@@H](CCCCN)C(=O)N[C@@H](CCCN=C(N)N)C(=O)O. The Morgan fingerprint density at radius 2 is 0.752 bits per heavy atom. The Kier molecular flexibility index (Phi) is 39.0. The van der Waals surface area contributed by atoms with Crippen LogP contribution in [0.5, 0.6) is 5.75 Å². The maximum atomic E-state index is 15.3. The van der Waals surface area contributed by atoms with Crippen molar-refractivity contribution in [1.82, 2.24) is 63.1 Å². The van der Waals surface area contributed by atoms with Gasteiger partial charge in [-0.1, -0.05) is 110 Å². The molecule has 0 unspecified atom stereocenters. The highest BCUT2D eigenvalue weighted by molar-refractivity contribution is 6.00. The zero-order valence-electron chi connectivity index (χ0n) is 66.4. The first kappa shape index (κ1) is 92.7. The lowest BCUT2D eigenvalue weighted by molar-refractivity contribution is -0.142. The smallest absolute Gasteiger partial charge is 0.326 e. The van der Waals surface area contributed by atoms with E-state index in [4.69, 9.17) is 40.1 Å². The number of hydrogen-bond acceptors (Lipinski definition) is 17. The second kappa shape index (κ2) is 47.5. The zero-order chi connectivity index (χ0) is 83.4. The number of aromatic hydroxyl groups is 1. The number of fused-ring (bicyclic) bond motifs is 2. The normalized spacial score (nSPS) is 14.6. The first-order valence-corrected chi connectivity index (χ1v) is 39.1. The number of aromatic nitrogens is 2. The molecule has 2 aromatic heterocycles. The summed E-state index contributed by atoms with van der Waals surface area (Å²) in [6, 6.07) is 6.34. The zero-order valence-corrected chi connectivity index (χ0v) is 66.4. The quantitative estimate of drug-likeness (QED) is 0.0148. The molecular formula is C79H123N21O13. The lowest BCUT2D eigenvalue weighted by atomic mass is 9.95. The number of benzene rings is 3. The number of unbranched alkanes of at least 4 members (excludes halogenated alkanes) is 2. The summed E-state index contributed by atoms with van der Waals surface area (Å²) in [5.74, 6) is -10.8. The van der Waals surface area contributed by atoms with E-state index in [9.17, 15) is 48.6 Å². The van der Waals surface area contributed by atoms with Gasteiger partial charge in [-0.3, -0.25) is 57.9 Å². The standard InChI is InChI=1S/C79H123N21O13/c1-9-47(8)66(100-75(110)65(41-50-43-90-56-23-13-11-21-53(50)56)98-74(109)64(39-48-28-30-51(101)31-29-48)97-72(107)61(36-44(2)3)95-67(102)54(82)40-49-42-89-55-22-12-10-20-52(49)55)76(111)99-63(38-46(6)7)73(108)96-62(37-45(4)5)71(106)93-59(26-18-34-87-78(83)84)69(104)91-57(24-14-16-32-80)68(103)92-58(25-15-17-33-81)70(105)94-60(77(112)113)27-19-35-88-79(85)86/h10-13,20-23,28-31,42-47,54,57-66,89-90,101H,9,14-19,24-27,32-41,80-82H2,1-8H3,(H,91,104)(H,92,103)(H,93,106)(H,94,105)(H,95,102)(H,96,108)(H,97,107)(H,98,109)(H,99,111)(H,100,110)(H,112,113)(H4,83,84,87)(H4,85,86,88)/t47-,54-,57-,58-,59-,60-,61-,62-,63-,64-,65-,66-/m0/s1. The number of carbonyl (C=O) groups excluding carboxylic acids is 10. The number of amides is 10. The minimum Gasteiger partial charge on any atom is -0.508 e. The van der Waals surface area contributed by atoms with E-state index in [1.54, 1.807) is 52.2 Å². The molecule has 113 heavy (non-hydrogen) atoms. The van der Waals surface area contributed by atoms with Gasteiger partial charge < -0.3 is 113 Å². The number of nitrogens with one attached hydrogen (secondary N) is 12. The largest absolute Gasteiger partial charge is 0.508 e. The number of aliphatic carboxylic acids is 1. The van der Waals surface area contributed by atoms with E-state index >= 15 is 14.4 Å². The number of rotatable bonds is 51. The van der Waals surface area contributed by atoms with Crippen molar-refractivity contribution in [3.05, 3.63) is 102 Å². The molecule has 3 aromatic carbocycles. The van der Waals surface area contributed by atoms with Gasteiger partial charge in [-0.25, -0.2) is 4.79 Å². The van der Waals surface area contributed by atoms with Crippen LogP contribution in [-0.2, 0) is 72.0 Å². The van der Waals surface area contributed by atoms with E-state index in [-0.39, 0.29) is 139 Å². The minimum absolute atomic E-state index is 0.0153. The molecule has 0 saturated heterocycles. The highest BCUT2D eigenvalue weighted by atomic mass is 16.4. The number of aromatic amines is 2. The fourth-order valence-electron chi connectivity index (χ4n) is 13.0. The molecule has 5 rings (SSSR count). The molecule has 622 valence electrons. The average molecular weight is 1570 g/mol. The van der Waals surface area contributed by atoms with Gasteiger partial charge in [0.1, 0.15) is 66.2 Å². The summed E-state index contributed by atoms with van der Waals surface area (Å²) in [6.45, 7) is 15.1. The van der Waals surface area contributed by atoms with Crippen LogP contribution in [0.2, 0.25) is 0 Å². The Morgan fingerprint density at radius 1 is 0.407 bits per heavy atom. The van der Waals surface area contributed by atoms with Gasteiger partial charge in [-0.15, -0.1) is 0 Å². The van der Waals surface area contributed by atoms with Crippen LogP contribution in [0.3, 0.4) is 0 Å². The molecule has 0 bridgehead atoms. The van der Waals surface area contributed by atoms with Gasteiger partial charge >= 0.3 is 5.97 Å². The van der Waals surface area contributed by atoms with E-state index in [0.29, 0.717) is 43.2 Å². The highest BCUT2D eigenvalue weighted by Gasteiger charge is 2.38. The number of guanidine groups is 2. The topological polar surface area (TPSA) is 587 Å². The van der Waals surface area contributed by atoms with Gasteiger partial charge in [-0.2, -0.15) is 0 Å². The summed E-state index contributed by atoms with van der Waals surface area (Å²) < 4.78 is 0. The Bertz CT molecular complexity index is 3980. The predicted molar refractivity (Wildman–Crippen MR) is 434 cm³/mol. The molecular weight excluding hydrogens is 1450 g/mol. The summed E-state index contributed by atoms with van der Waals surface area (Å²) in [5, 5.41) is 49.8. The number of carbonyl (C=O) groups is 11. The number of para-hydroxylation sites is 2. The van der Waals surface area contributed by atoms with Crippen molar-refractivity contribution in [1.29, 1.82) is 0 Å². The van der Waals surface area contributed by atoms with E-state index in [0.717, 1.165) is 27.4 Å². The molecule has 28 N–H and O–H groups in total. The Balaban J connectivity index is 1.43. The lowest BCUT2D eigenvalue weighted by Gasteiger charge is -2.30. The molecule has 0 radical (unpaired) electrons. The number of H-pyrrole nitrogens is 2. The summed E-state index contributed by atoms with van der Waals surface area (Å²) in [4.78, 5) is 174. The maximum Gasteiger partial charge on any atom is 0.326 e. The van der Waals surface area contributed by atoms with Gasteiger partial charge in [0.2, 0.25) is 59.1 Å². The van der Waals surface area contributed by atoms with Crippen molar-refractivity contribution in [3.63, 3.8) is 0 Å². The Labute approximate surface area is 660 Å². The van der Waals surface area contributed by atoms with Gasteiger partial charge in [0.15, 0.2) is 11.9 Å². The van der Waals surface area contributed by atoms with Crippen molar-refractivity contribution in [3.8, 4) is 5.75 Å². The van der Waals surface area contributed by atoms with Crippen LogP contribution in [-0.4, -0.2) is 190 Å². The molecule has 0 aliphatic rings. The van der Waals surface area contributed by atoms with E-state index in [1.807, 2.05) is 76.2 Å². The number of aliphatic imine (C=N–C) groups is 2. The summed E-state index contributed by atoms with van der Waals surface area (Å²) in [7, 11) is 0. The molecule has 0 aliphatic heterocycles. The number of phenols is 1. The third kappa shape index (κ3) is 31.7. The summed E-state index contributed by atoms with van der Waals surface area (Å²) in [5.41, 5.74) is 43.8. The Hall–Kier alpha value is -10.9. The molecule has 0 fully saturated rings. The van der Waals surface area contributed by atoms with E-state index in [2.05, 4.69) is 73.1 Å². The number of hydrogen-bond donors (Lipinski definition) is 21. The van der Waals surface area contributed by atoms with Crippen LogP contribution >= 0.6 is 0 Å². The van der Waals surface area contributed by atoms with Crippen LogP contribution in [0, 0.1) is 23.7 Å². The van der Waals surface area contributed by atoms with Crippen LogP contribution in [0.25, 0.3) is 21.8 Å². The van der Waals surface area contributed by atoms with Crippen molar-refractivity contribution in [2.24, 2.45) is 73.8 Å². The molecule has 0 saturated carbocycles. The summed E-state index contributed by atoms with van der Waals surface area (Å²) >= 11 is 0. The van der Waals surface area contributed by atoms with Crippen LogP contribution in [0.4, 0.5) is 0 Å². The number of carboxylic acid groups (broad SMARTS) is 1. The maximum absolute atomic E-state index is 15.3. The van der Waals surface area contributed by atoms with Crippen molar-refractivity contribution in [2.45, 2.75) is 231 Å². The molecule has 10 amide bonds. The van der Waals surface area contributed by atoms with Crippen molar-refractivity contribution >= 4 is 98.8 Å². The van der Waals surface area contributed by atoms with Crippen LogP contribution < -0.4 is 93.3 Å². The molecule has 0 spiro atoms. The minimum atomic E-state index is -1.45. The first-order chi connectivity index (χ1) is 53.7. The average Bonchev–Trinajstić information content (AvgIpc) is 1.70. The second-order valence-corrected chi connectivity index (χ2v) is 30.2. The van der Waals surface area contributed by atoms with Crippen LogP contribution in [0.15, 0.2) is 95.2 Å².